The van der Waals surface area contributed by atoms with E-state index in [-0.39, 0.29) is 12.2 Å². The molecule has 0 amide bonds. The Labute approximate surface area is 112 Å². The molecule has 0 radical (unpaired) electrons. The highest BCUT2D eigenvalue weighted by Crippen LogP contribution is 2.22. The maximum absolute atomic E-state index is 12.0. The van der Waals surface area contributed by atoms with Crippen molar-refractivity contribution in [3.8, 4) is 0 Å². The highest BCUT2D eigenvalue weighted by Gasteiger charge is 2.34. The van der Waals surface area contributed by atoms with Gasteiger partial charge in [-0.1, -0.05) is 6.07 Å². The lowest BCUT2D eigenvalue weighted by atomic mass is 10.1. The highest BCUT2D eigenvalue weighted by atomic mass is 32.2. The van der Waals surface area contributed by atoms with Crippen molar-refractivity contribution in [3.05, 3.63) is 22.4 Å². The Morgan fingerprint density at radius 3 is 2.44 bits per heavy atom. The first-order valence-corrected chi connectivity index (χ1v) is 8.14. The lowest BCUT2D eigenvalue weighted by Gasteiger charge is -2.21. The molecule has 0 aliphatic heterocycles. The van der Waals surface area contributed by atoms with Crippen LogP contribution < -0.4 is 0 Å². The fraction of sp³-hybridized carbons (Fsp3) is 0.583. The van der Waals surface area contributed by atoms with Crippen LogP contribution in [0.3, 0.4) is 0 Å². The molecule has 102 valence electrons. The molecule has 0 spiro atoms. The second-order valence-corrected chi connectivity index (χ2v) is 9.03. The third-order valence-electron chi connectivity index (χ3n) is 2.73. The molecule has 18 heavy (non-hydrogen) atoms. The van der Waals surface area contributed by atoms with Crippen molar-refractivity contribution in [2.24, 2.45) is 5.92 Å². The van der Waals surface area contributed by atoms with Gasteiger partial charge in [-0.25, -0.2) is 8.42 Å². The van der Waals surface area contributed by atoms with Crippen molar-refractivity contribution in [2.45, 2.75) is 31.9 Å². The molecule has 0 saturated heterocycles. The molecule has 1 rings (SSSR count). The first-order valence-electron chi connectivity index (χ1n) is 5.61. The molecule has 1 atom stereocenters. The number of carboxylic acid groups (broad SMARTS) is 1. The number of carboxylic acids is 1. The quantitative estimate of drug-likeness (QED) is 0.902. The molecule has 0 unspecified atom stereocenters. The SMILES string of the molecule is CC(C)(C)S(=O)(=O)C[C@H](Cc1cccs1)C(=O)O. The van der Waals surface area contributed by atoms with Crippen LogP contribution in [0.5, 0.6) is 0 Å². The highest BCUT2D eigenvalue weighted by molar-refractivity contribution is 7.92. The van der Waals surface area contributed by atoms with Crippen LogP contribution in [0.2, 0.25) is 0 Å². The van der Waals surface area contributed by atoms with Crippen molar-refractivity contribution in [1.82, 2.24) is 0 Å². The van der Waals surface area contributed by atoms with E-state index in [1.807, 2.05) is 17.5 Å². The average molecular weight is 290 g/mol. The number of thiophene rings is 1. The molecule has 0 aliphatic carbocycles. The minimum Gasteiger partial charge on any atom is -0.481 e. The molecule has 4 nitrogen and oxygen atoms in total. The lowest BCUT2D eigenvalue weighted by molar-refractivity contribution is -0.140. The van der Waals surface area contributed by atoms with Crippen LogP contribution in [0.25, 0.3) is 0 Å². The van der Waals surface area contributed by atoms with E-state index < -0.39 is 26.5 Å². The van der Waals surface area contributed by atoms with Crippen LogP contribution >= 0.6 is 11.3 Å². The molecular weight excluding hydrogens is 272 g/mol. The summed E-state index contributed by atoms with van der Waals surface area (Å²) in [7, 11) is -3.42. The minimum atomic E-state index is -3.42. The van der Waals surface area contributed by atoms with Crippen LogP contribution in [0.15, 0.2) is 17.5 Å². The van der Waals surface area contributed by atoms with Crippen LogP contribution in [0.1, 0.15) is 25.6 Å². The Kier molecular flexibility index (Phi) is 4.55. The number of aliphatic carboxylic acids is 1. The van der Waals surface area contributed by atoms with Crippen molar-refractivity contribution >= 4 is 27.1 Å². The second kappa shape index (κ2) is 5.40. The van der Waals surface area contributed by atoms with Gasteiger partial charge in [0.25, 0.3) is 0 Å². The Morgan fingerprint density at radius 1 is 1.44 bits per heavy atom. The molecule has 0 aliphatic rings. The van der Waals surface area contributed by atoms with Crippen molar-refractivity contribution in [3.63, 3.8) is 0 Å². The molecule has 0 bridgehead atoms. The van der Waals surface area contributed by atoms with Crippen LogP contribution in [-0.2, 0) is 21.1 Å². The normalized spacial score (nSPS) is 14.4. The van der Waals surface area contributed by atoms with Gasteiger partial charge in [-0.3, -0.25) is 4.79 Å². The largest absolute Gasteiger partial charge is 0.481 e. The van der Waals surface area contributed by atoms with Gasteiger partial charge in [0.05, 0.1) is 16.4 Å². The third kappa shape index (κ3) is 3.81. The standard InChI is InChI=1S/C12H18O4S2/c1-12(2,3)18(15,16)8-9(11(13)14)7-10-5-4-6-17-10/h4-6,9H,7-8H2,1-3H3,(H,13,14)/t9-/m0/s1. The predicted octanol–water partition coefficient (Wildman–Crippen LogP) is 2.20. The first-order chi connectivity index (χ1) is 8.13. The van der Waals surface area contributed by atoms with Crippen LogP contribution in [-0.4, -0.2) is 30.0 Å². The summed E-state index contributed by atoms with van der Waals surface area (Å²) in [6, 6.07) is 3.65. The van der Waals surface area contributed by atoms with Crippen molar-refractivity contribution in [1.29, 1.82) is 0 Å². The second-order valence-electron chi connectivity index (χ2n) is 5.21. The molecule has 1 N–H and O–H groups in total. The van der Waals surface area contributed by atoms with E-state index in [1.54, 1.807) is 20.8 Å². The smallest absolute Gasteiger partial charge is 0.307 e. The van der Waals surface area contributed by atoms with E-state index in [2.05, 4.69) is 0 Å². The van der Waals surface area contributed by atoms with Crippen molar-refractivity contribution < 1.29 is 18.3 Å². The number of sulfone groups is 1. The van der Waals surface area contributed by atoms with Gasteiger partial charge in [-0.15, -0.1) is 11.3 Å². The zero-order chi connectivity index (χ0) is 14.0. The van der Waals surface area contributed by atoms with Gasteiger partial charge in [-0.05, 0) is 38.6 Å². The summed E-state index contributed by atoms with van der Waals surface area (Å²) in [6.45, 7) is 4.77. The maximum atomic E-state index is 12.0. The van der Waals surface area contributed by atoms with Gasteiger partial charge in [0.2, 0.25) is 0 Å². The number of carbonyl (C=O) groups is 1. The van der Waals surface area contributed by atoms with E-state index in [0.717, 1.165) is 4.88 Å². The molecular formula is C12H18O4S2. The molecule has 6 heteroatoms. The van der Waals surface area contributed by atoms with Crippen LogP contribution in [0.4, 0.5) is 0 Å². The van der Waals surface area contributed by atoms with Gasteiger partial charge in [0.1, 0.15) is 0 Å². The Hall–Kier alpha value is -0.880. The van der Waals surface area contributed by atoms with Gasteiger partial charge in [0, 0.05) is 4.88 Å². The fourth-order valence-electron chi connectivity index (χ4n) is 1.40. The van der Waals surface area contributed by atoms with Gasteiger partial charge < -0.3 is 5.11 Å². The summed E-state index contributed by atoms with van der Waals surface area (Å²) in [5.74, 6) is -2.26. The summed E-state index contributed by atoms with van der Waals surface area (Å²) in [4.78, 5) is 12.1. The Bertz CT molecular complexity index is 495. The summed E-state index contributed by atoms with van der Waals surface area (Å²) in [6.07, 6.45) is 0.266. The van der Waals surface area contributed by atoms with E-state index in [1.165, 1.54) is 11.3 Å². The topological polar surface area (TPSA) is 71.4 Å². The molecule has 1 heterocycles. The van der Waals surface area contributed by atoms with Gasteiger partial charge >= 0.3 is 5.97 Å². The molecule has 1 aromatic rings. The monoisotopic (exact) mass is 290 g/mol. The third-order valence-corrected chi connectivity index (χ3v) is 6.34. The summed E-state index contributed by atoms with van der Waals surface area (Å²) in [5, 5.41) is 11.0. The van der Waals surface area contributed by atoms with Gasteiger partial charge in [-0.2, -0.15) is 0 Å². The molecule has 0 saturated carbocycles. The van der Waals surface area contributed by atoms with E-state index in [0.29, 0.717) is 0 Å². The summed E-state index contributed by atoms with van der Waals surface area (Å²) in [5.41, 5.74) is 0. The molecule has 0 fully saturated rings. The van der Waals surface area contributed by atoms with E-state index in [9.17, 15) is 13.2 Å². The van der Waals surface area contributed by atoms with Crippen molar-refractivity contribution in [2.75, 3.05) is 5.75 Å². The Morgan fingerprint density at radius 2 is 2.06 bits per heavy atom. The lowest BCUT2D eigenvalue weighted by Crippen LogP contribution is -2.36. The summed E-state index contributed by atoms with van der Waals surface area (Å²) < 4.78 is 23.2. The summed E-state index contributed by atoms with van der Waals surface area (Å²) >= 11 is 1.44. The van der Waals surface area contributed by atoms with Gasteiger partial charge in [0.15, 0.2) is 9.84 Å². The number of hydrogen-bond donors (Lipinski definition) is 1. The predicted molar refractivity (Wildman–Crippen MR) is 72.7 cm³/mol. The Balaban J connectivity index is 2.86. The zero-order valence-electron chi connectivity index (χ0n) is 10.7. The number of rotatable bonds is 5. The van der Waals surface area contributed by atoms with Crippen LogP contribution in [0, 0.1) is 5.92 Å². The zero-order valence-corrected chi connectivity index (χ0v) is 12.3. The minimum absolute atomic E-state index is 0.266. The molecule has 0 aromatic carbocycles. The maximum Gasteiger partial charge on any atom is 0.307 e. The van der Waals surface area contributed by atoms with E-state index >= 15 is 0 Å². The fourth-order valence-corrected chi connectivity index (χ4v) is 3.48. The first kappa shape index (κ1) is 15.2. The average Bonchev–Trinajstić information content (AvgIpc) is 2.67. The number of hydrogen-bond acceptors (Lipinski definition) is 4. The van der Waals surface area contributed by atoms with E-state index in [4.69, 9.17) is 5.11 Å². The molecule has 1 aromatic heterocycles.